The molecule has 14 heavy (non-hydrogen) atoms. The lowest BCUT2D eigenvalue weighted by atomic mass is 9.79. The second-order valence-electron chi connectivity index (χ2n) is 4.50. The lowest BCUT2D eigenvalue weighted by molar-refractivity contribution is 0.272. The Morgan fingerprint density at radius 2 is 2.07 bits per heavy atom. The molecule has 0 spiro atoms. The van der Waals surface area contributed by atoms with Crippen molar-refractivity contribution in [3.05, 3.63) is 24.2 Å². The molecule has 0 amide bonds. The maximum atomic E-state index is 6.33. The number of aryl methyl sites for hydroxylation is 1. The minimum absolute atomic E-state index is 0.0883. The van der Waals surface area contributed by atoms with Gasteiger partial charge in [-0.2, -0.15) is 0 Å². The molecule has 2 nitrogen and oxygen atoms in total. The molecule has 1 heterocycles. The summed E-state index contributed by atoms with van der Waals surface area (Å²) in [5.74, 6) is 1.07. The van der Waals surface area contributed by atoms with E-state index in [9.17, 15) is 0 Å². The maximum absolute atomic E-state index is 6.33. The summed E-state index contributed by atoms with van der Waals surface area (Å²) >= 11 is 0. The fourth-order valence-corrected chi connectivity index (χ4v) is 2.33. The number of hydrogen-bond donors (Lipinski definition) is 1. The highest BCUT2D eigenvalue weighted by molar-refractivity contribution is 5.00. The molecule has 2 heteroatoms. The topological polar surface area (TPSA) is 39.2 Å². The minimum atomic E-state index is 0.0883. The van der Waals surface area contributed by atoms with Crippen LogP contribution in [-0.2, 0) is 6.42 Å². The molecule has 0 aliphatic heterocycles. The molecule has 0 atom stereocenters. The van der Waals surface area contributed by atoms with E-state index in [2.05, 4.69) is 0 Å². The molecule has 0 aromatic carbocycles. The molecule has 1 fully saturated rings. The van der Waals surface area contributed by atoms with Crippen LogP contribution in [0.4, 0.5) is 0 Å². The predicted octanol–water partition coefficient (Wildman–Crippen LogP) is 2.87. The quantitative estimate of drug-likeness (QED) is 0.801. The molecule has 1 aromatic rings. The van der Waals surface area contributed by atoms with E-state index in [0.717, 1.165) is 18.6 Å². The Morgan fingerprint density at radius 1 is 1.29 bits per heavy atom. The molecule has 2 rings (SSSR count). The smallest absolute Gasteiger partial charge is 0.103 e. The first kappa shape index (κ1) is 9.78. The number of rotatable bonds is 3. The summed E-state index contributed by atoms with van der Waals surface area (Å²) < 4.78 is 5.31. The van der Waals surface area contributed by atoms with Crippen LogP contribution in [0.15, 0.2) is 22.8 Å². The monoisotopic (exact) mass is 193 g/mol. The zero-order chi connectivity index (χ0) is 9.86. The van der Waals surface area contributed by atoms with Crippen LogP contribution in [0.2, 0.25) is 0 Å². The Balaban J connectivity index is 1.84. The van der Waals surface area contributed by atoms with Gasteiger partial charge < -0.3 is 10.2 Å². The van der Waals surface area contributed by atoms with Gasteiger partial charge in [0.1, 0.15) is 5.76 Å². The average Bonchev–Trinajstić information content (AvgIpc) is 2.69. The van der Waals surface area contributed by atoms with Crippen molar-refractivity contribution >= 4 is 0 Å². The van der Waals surface area contributed by atoms with Crippen LogP contribution < -0.4 is 5.73 Å². The standard InChI is InChI=1S/C12H19NO/c13-12(7-2-1-3-8-12)9-6-11-5-4-10-14-11/h4-5,10H,1-3,6-9,13H2. The first-order valence-corrected chi connectivity index (χ1v) is 5.60. The molecule has 0 saturated heterocycles. The second kappa shape index (κ2) is 4.18. The second-order valence-corrected chi connectivity index (χ2v) is 4.50. The molecule has 2 N–H and O–H groups in total. The van der Waals surface area contributed by atoms with Crippen LogP contribution in [0.25, 0.3) is 0 Å². The van der Waals surface area contributed by atoms with E-state index < -0.39 is 0 Å². The maximum Gasteiger partial charge on any atom is 0.103 e. The highest BCUT2D eigenvalue weighted by atomic mass is 16.3. The zero-order valence-corrected chi connectivity index (χ0v) is 8.67. The Hall–Kier alpha value is -0.760. The third kappa shape index (κ3) is 2.38. The summed E-state index contributed by atoms with van der Waals surface area (Å²) in [6.45, 7) is 0. The highest BCUT2D eigenvalue weighted by Gasteiger charge is 2.26. The van der Waals surface area contributed by atoms with Crippen LogP contribution in [0.3, 0.4) is 0 Å². The highest BCUT2D eigenvalue weighted by Crippen LogP contribution is 2.29. The summed E-state index contributed by atoms with van der Waals surface area (Å²) in [6.07, 6.45) is 10.1. The van der Waals surface area contributed by atoms with Crippen LogP contribution in [-0.4, -0.2) is 5.54 Å². The summed E-state index contributed by atoms with van der Waals surface area (Å²) in [7, 11) is 0. The third-order valence-corrected chi connectivity index (χ3v) is 3.30. The van der Waals surface area contributed by atoms with Crippen molar-refractivity contribution in [3.63, 3.8) is 0 Å². The van der Waals surface area contributed by atoms with Crippen molar-refractivity contribution in [3.8, 4) is 0 Å². The van der Waals surface area contributed by atoms with Gasteiger partial charge in [-0.15, -0.1) is 0 Å². The summed E-state index contributed by atoms with van der Waals surface area (Å²) in [5, 5.41) is 0. The number of nitrogens with two attached hydrogens (primary N) is 1. The van der Waals surface area contributed by atoms with Gasteiger partial charge in [0.2, 0.25) is 0 Å². The fourth-order valence-electron chi connectivity index (χ4n) is 2.33. The lowest BCUT2D eigenvalue weighted by Crippen LogP contribution is -2.41. The van der Waals surface area contributed by atoms with Crippen LogP contribution in [0.5, 0.6) is 0 Å². The number of hydrogen-bond acceptors (Lipinski definition) is 2. The Morgan fingerprint density at radius 3 is 2.71 bits per heavy atom. The van der Waals surface area contributed by atoms with Crippen molar-refractivity contribution in [2.24, 2.45) is 5.73 Å². The first-order valence-electron chi connectivity index (χ1n) is 5.60. The normalized spacial score (nSPS) is 20.9. The molecule has 1 aromatic heterocycles. The number of furan rings is 1. The molecule has 0 unspecified atom stereocenters. The van der Waals surface area contributed by atoms with Gasteiger partial charge in [0.05, 0.1) is 6.26 Å². The summed E-state index contributed by atoms with van der Waals surface area (Å²) in [6, 6.07) is 3.98. The van der Waals surface area contributed by atoms with Gasteiger partial charge in [0, 0.05) is 12.0 Å². The average molecular weight is 193 g/mol. The molecule has 1 saturated carbocycles. The summed E-state index contributed by atoms with van der Waals surface area (Å²) in [4.78, 5) is 0. The minimum Gasteiger partial charge on any atom is -0.469 e. The lowest BCUT2D eigenvalue weighted by Gasteiger charge is -2.33. The fraction of sp³-hybridized carbons (Fsp3) is 0.667. The molecule has 0 bridgehead atoms. The van der Waals surface area contributed by atoms with Crippen molar-refractivity contribution < 1.29 is 4.42 Å². The van der Waals surface area contributed by atoms with E-state index in [4.69, 9.17) is 10.2 Å². The first-order chi connectivity index (χ1) is 6.79. The van der Waals surface area contributed by atoms with E-state index in [0.29, 0.717) is 0 Å². The molecule has 1 aliphatic carbocycles. The third-order valence-electron chi connectivity index (χ3n) is 3.30. The van der Waals surface area contributed by atoms with E-state index in [1.165, 1.54) is 32.1 Å². The Bertz CT molecular complexity index is 260. The van der Waals surface area contributed by atoms with E-state index in [1.54, 1.807) is 6.26 Å². The van der Waals surface area contributed by atoms with Crippen LogP contribution >= 0.6 is 0 Å². The molecule has 0 radical (unpaired) electrons. The van der Waals surface area contributed by atoms with E-state index in [1.807, 2.05) is 12.1 Å². The van der Waals surface area contributed by atoms with Crippen molar-refractivity contribution in [1.29, 1.82) is 0 Å². The van der Waals surface area contributed by atoms with Crippen molar-refractivity contribution in [2.45, 2.75) is 50.5 Å². The van der Waals surface area contributed by atoms with Crippen molar-refractivity contribution in [2.75, 3.05) is 0 Å². The van der Waals surface area contributed by atoms with Crippen LogP contribution in [0, 0.1) is 0 Å². The van der Waals surface area contributed by atoms with Gasteiger partial charge in [0.15, 0.2) is 0 Å². The molecular weight excluding hydrogens is 174 g/mol. The predicted molar refractivity (Wildman–Crippen MR) is 57.0 cm³/mol. The molecule has 78 valence electrons. The van der Waals surface area contributed by atoms with Crippen LogP contribution in [0.1, 0.15) is 44.3 Å². The zero-order valence-electron chi connectivity index (χ0n) is 8.67. The van der Waals surface area contributed by atoms with E-state index in [-0.39, 0.29) is 5.54 Å². The van der Waals surface area contributed by atoms with Gasteiger partial charge in [-0.3, -0.25) is 0 Å². The van der Waals surface area contributed by atoms with Gasteiger partial charge in [0.25, 0.3) is 0 Å². The van der Waals surface area contributed by atoms with Gasteiger partial charge in [-0.05, 0) is 31.4 Å². The summed E-state index contributed by atoms with van der Waals surface area (Å²) in [5.41, 5.74) is 6.42. The SMILES string of the molecule is NC1(CCc2ccco2)CCCCC1. The van der Waals surface area contributed by atoms with Gasteiger partial charge in [-0.25, -0.2) is 0 Å². The largest absolute Gasteiger partial charge is 0.469 e. The Kier molecular flexibility index (Phi) is 2.92. The van der Waals surface area contributed by atoms with Crippen molar-refractivity contribution in [1.82, 2.24) is 0 Å². The Labute approximate surface area is 85.5 Å². The van der Waals surface area contributed by atoms with Gasteiger partial charge >= 0.3 is 0 Å². The molecular formula is C12H19NO. The van der Waals surface area contributed by atoms with E-state index >= 15 is 0 Å². The van der Waals surface area contributed by atoms with Gasteiger partial charge in [-0.1, -0.05) is 19.3 Å². The molecule has 1 aliphatic rings.